The van der Waals surface area contributed by atoms with Gasteiger partial charge in [-0.1, -0.05) is 46.3 Å². The van der Waals surface area contributed by atoms with E-state index in [0.29, 0.717) is 13.2 Å². The van der Waals surface area contributed by atoms with Gasteiger partial charge in [0.2, 0.25) is 0 Å². The molecular weight excluding hydrogens is 342 g/mol. The van der Waals surface area contributed by atoms with Crippen molar-refractivity contribution in [3.05, 3.63) is 58.1 Å². The molecule has 0 aliphatic rings. The monoisotopic (exact) mass is 363 g/mol. The first kappa shape index (κ1) is 16.8. The summed E-state index contributed by atoms with van der Waals surface area (Å²) in [6, 6.07) is 14.6. The summed E-state index contributed by atoms with van der Waals surface area (Å²) in [4.78, 5) is 0. The van der Waals surface area contributed by atoms with E-state index in [1.54, 1.807) is 7.11 Å². The molecule has 0 aromatic heterocycles. The summed E-state index contributed by atoms with van der Waals surface area (Å²) in [7, 11) is 1.66. The van der Waals surface area contributed by atoms with E-state index in [2.05, 4.69) is 52.4 Å². The fourth-order valence-electron chi connectivity index (χ4n) is 2.33. The van der Waals surface area contributed by atoms with Gasteiger partial charge in [0.25, 0.3) is 0 Å². The molecule has 0 saturated heterocycles. The number of hydrogen-bond acceptors (Lipinski definition) is 3. The fourth-order valence-corrected chi connectivity index (χ4v) is 2.78. The van der Waals surface area contributed by atoms with Gasteiger partial charge >= 0.3 is 0 Å². The third kappa shape index (κ3) is 4.02. The molecule has 1 unspecified atom stereocenters. The minimum atomic E-state index is 0.258. The Bertz CT molecular complexity index is 602. The summed E-state index contributed by atoms with van der Waals surface area (Å²) < 4.78 is 12.2. The summed E-state index contributed by atoms with van der Waals surface area (Å²) in [5.41, 5.74) is 2.34. The van der Waals surface area contributed by atoms with Gasteiger partial charge in [-0.3, -0.25) is 0 Å². The molecular formula is C18H22BrNO2. The van der Waals surface area contributed by atoms with Crippen molar-refractivity contribution in [2.75, 3.05) is 13.7 Å². The molecule has 22 heavy (non-hydrogen) atoms. The lowest BCUT2D eigenvalue weighted by molar-refractivity contribution is 0.306. The second-order valence-electron chi connectivity index (χ2n) is 5.00. The summed E-state index contributed by atoms with van der Waals surface area (Å²) in [6.07, 6.45) is 0. The smallest absolute Gasteiger partial charge is 0.166 e. The van der Waals surface area contributed by atoms with Crippen molar-refractivity contribution in [3.63, 3.8) is 0 Å². The van der Waals surface area contributed by atoms with E-state index >= 15 is 0 Å². The zero-order valence-electron chi connectivity index (χ0n) is 13.2. The molecule has 0 radical (unpaired) electrons. The SMILES string of the molecule is CCOc1c(OC)ccc(Br)c1CNC(C)c1ccccc1. The maximum atomic E-state index is 5.78. The standard InChI is InChI=1S/C18H22BrNO2/c1-4-22-18-15(16(19)10-11-17(18)21-3)12-20-13(2)14-8-6-5-7-9-14/h5-11,13,20H,4,12H2,1-3H3. The van der Waals surface area contributed by atoms with Gasteiger partial charge in [-0.15, -0.1) is 0 Å². The lowest BCUT2D eigenvalue weighted by Crippen LogP contribution is -2.19. The topological polar surface area (TPSA) is 30.5 Å². The first-order valence-electron chi connectivity index (χ1n) is 7.43. The van der Waals surface area contributed by atoms with Crippen LogP contribution in [0.25, 0.3) is 0 Å². The molecule has 0 heterocycles. The van der Waals surface area contributed by atoms with Crippen LogP contribution in [0, 0.1) is 0 Å². The van der Waals surface area contributed by atoms with Gasteiger partial charge in [0.1, 0.15) is 0 Å². The molecule has 1 atom stereocenters. The molecule has 118 valence electrons. The molecule has 0 spiro atoms. The lowest BCUT2D eigenvalue weighted by Gasteiger charge is -2.19. The Morgan fingerprint density at radius 3 is 2.50 bits per heavy atom. The Kier molecular flexibility index (Phi) is 6.28. The van der Waals surface area contributed by atoms with E-state index in [0.717, 1.165) is 21.5 Å². The highest BCUT2D eigenvalue weighted by Crippen LogP contribution is 2.36. The van der Waals surface area contributed by atoms with E-state index in [1.807, 2.05) is 25.1 Å². The number of benzene rings is 2. The lowest BCUT2D eigenvalue weighted by atomic mass is 10.1. The minimum absolute atomic E-state index is 0.258. The second kappa shape index (κ2) is 8.20. The van der Waals surface area contributed by atoms with Crippen LogP contribution in [-0.2, 0) is 6.54 Å². The van der Waals surface area contributed by atoms with Crippen molar-refractivity contribution in [1.82, 2.24) is 5.32 Å². The molecule has 2 aromatic carbocycles. The molecule has 3 nitrogen and oxygen atoms in total. The number of nitrogens with one attached hydrogen (secondary N) is 1. The van der Waals surface area contributed by atoms with Crippen LogP contribution in [0.4, 0.5) is 0 Å². The van der Waals surface area contributed by atoms with Crippen LogP contribution in [0.2, 0.25) is 0 Å². The van der Waals surface area contributed by atoms with Crippen molar-refractivity contribution in [1.29, 1.82) is 0 Å². The van der Waals surface area contributed by atoms with Crippen molar-refractivity contribution < 1.29 is 9.47 Å². The maximum absolute atomic E-state index is 5.78. The number of halogens is 1. The highest BCUT2D eigenvalue weighted by atomic mass is 79.9. The van der Waals surface area contributed by atoms with E-state index in [1.165, 1.54) is 5.56 Å². The molecule has 0 saturated carbocycles. The molecule has 0 bridgehead atoms. The van der Waals surface area contributed by atoms with Crippen LogP contribution in [0.15, 0.2) is 46.9 Å². The predicted molar refractivity (Wildman–Crippen MR) is 93.6 cm³/mol. The van der Waals surface area contributed by atoms with Crippen molar-refractivity contribution in [2.45, 2.75) is 26.4 Å². The Balaban J connectivity index is 2.18. The van der Waals surface area contributed by atoms with Gasteiger partial charge in [0, 0.05) is 22.6 Å². The molecule has 0 amide bonds. The normalized spacial score (nSPS) is 12.0. The Hall–Kier alpha value is -1.52. The van der Waals surface area contributed by atoms with E-state index < -0.39 is 0 Å². The molecule has 0 aliphatic carbocycles. The Labute approximate surface area is 140 Å². The molecule has 2 rings (SSSR count). The summed E-state index contributed by atoms with van der Waals surface area (Å²) in [6.45, 7) is 5.44. The van der Waals surface area contributed by atoms with Crippen LogP contribution < -0.4 is 14.8 Å². The average Bonchev–Trinajstić information content (AvgIpc) is 2.55. The zero-order chi connectivity index (χ0) is 15.9. The minimum Gasteiger partial charge on any atom is -0.493 e. The van der Waals surface area contributed by atoms with Crippen LogP contribution in [0.5, 0.6) is 11.5 Å². The molecule has 0 aliphatic heterocycles. The first-order chi connectivity index (χ1) is 10.7. The van der Waals surface area contributed by atoms with Gasteiger partial charge in [-0.25, -0.2) is 0 Å². The van der Waals surface area contributed by atoms with Gasteiger partial charge in [-0.05, 0) is 31.5 Å². The third-order valence-corrected chi connectivity index (χ3v) is 4.30. The second-order valence-corrected chi connectivity index (χ2v) is 5.86. The number of methoxy groups -OCH3 is 1. The van der Waals surface area contributed by atoms with Crippen molar-refractivity contribution in [2.24, 2.45) is 0 Å². The van der Waals surface area contributed by atoms with Crippen molar-refractivity contribution in [3.8, 4) is 11.5 Å². The van der Waals surface area contributed by atoms with Crippen LogP contribution in [0.3, 0.4) is 0 Å². The summed E-state index contributed by atoms with van der Waals surface area (Å²) in [5.74, 6) is 1.56. The van der Waals surface area contributed by atoms with Gasteiger partial charge < -0.3 is 14.8 Å². The zero-order valence-corrected chi connectivity index (χ0v) is 14.8. The van der Waals surface area contributed by atoms with Crippen LogP contribution in [-0.4, -0.2) is 13.7 Å². The highest BCUT2D eigenvalue weighted by molar-refractivity contribution is 9.10. The maximum Gasteiger partial charge on any atom is 0.166 e. The van der Waals surface area contributed by atoms with E-state index in [-0.39, 0.29) is 6.04 Å². The number of ether oxygens (including phenoxy) is 2. The molecule has 1 N–H and O–H groups in total. The largest absolute Gasteiger partial charge is 0.493 e. The molecule has 0 fully saturated rings. The molecule has 2 aromatic rings. The quantitative estimate of drug-likeness (QED) is 0.772. The number of hydrogen-bond donors (Lipinski definition) is 1. The van der Waals surface area contributed by atoms with Crippen LogP contribution >= 0.6 is 15.9 Å². The highest BCUT2D eigenvalue weighted by Gasteiger charge is 2.15. The average molecular weight is 364 g/mol. The Morgan fingerprint density at radius 2 is 1.86 bits per heavy atom. The van der Waals surface area contributed by atoms with Gasteiger partial charge in [0.05, 0.1) is 13.7 Å². The predicted octanol–water partition coefficient (Wildman–Crippen LogP) is 4.71. The van der Waals surface area contributed by atoms with Crippen molar-refractivity contribution >= 4 is 15.9 Å². The Morgan fingerprint density at radius 1 is 1.14 bits per heavy atom. The van der Waals surface area contributed by atoms with Gasteiger partial charge in [-0.2, -0.15) is 0 Å². The van der Waals surface area contributed by atoms with Crippen LogP contribution in [0.1, 0.15) is 31.0 Å². The third-order valence-electron chi connectivity index (χ3n) is 3.56. The van der Waals surface area contributed by atoms with E-state index in [9.17, 15) is 0 Å². The van der Waals surface area contributed by atoms with Gasteiger partial charge in [0.15, 0.2) is 11.5 Å². The summed E-state index contributed by atoms with van der Waals surface area (Å²) in [5, 5.41) is 3.54. The summed E-state index contributed by atoms with van der Waals surface area (Å²) >= 11 is 3.61. The fraction of sp³-hybridized carbons (Fsp3) is 0.333. The molecule has 4 heteroatoms. The first-order valence-corrected chi connectivity index (χ1v) is 8.23. The number of rotatable bonds is 7. The van der Waals surface area contributed by atoms with E-state index in [4.69, 9.17) is 9.47 Å².